The van der Waals surface area contributed by atoms with E-state index in [1.165, 1.54) is 11.8 Å². The number of aryl methyl sites for hydroxylation is 2. The van der Waals surface area contributed by atoms with Crippen molar-refractivity contribution in [3.63, 3.8) is 0 Å². The maximum atomic E-state index is 13.5. The van der Waals surface area contributed by atoms with Gasteiger partial charge in [-0.2, -0.15) is 0 Å². The molecule has 0 bridgehead atoms. The lowest BCUT2D eigenvalue weighted by Crippen LogP contribution is -2.20. The Morgan fingerprint density at radius 1 is 0.722 bits per heavy atom. The zero-order chi connectivity index (χ0) is 25.3. The summed E-state index contributed by atoms with van der Waals surface area (Å²) in [4.78, 5) is 26.7. The molecular weight excluding hydrogens is 466 g/mol. The Morgan fingerprint density at radius 3 is 1.97 bits per heavy atom. The quantitative estimate of drug-likeness (QED) is 0.220. The minimum Gasteiger partial charge on any atom is -0.324 e. The summed E-state index contributed by atoms with van der Waals surface area (Å²) in [7, 11) is 0. The van der Waals surface area contributed by atoms with E-state index in [9.17, 15) is 9.59 Å². The fourth-order valence-corrected chi connectivity index (χ4v) is 4.88. The third kappa shape index (κ3) is 6.55. The molecule has 0 saturated heterocycles. The van der Waals surface area contributed by atoms with E-state index in [4.69, 9.17) is 0 Å². The molecule has 0 unspecified atom stereocenters. The summed E-state index contributed by atoms with van der Waals surface area (Å²) >= 11 is 1.48. The number of carbonyl (C=O) groups excluding carboxylic acids is 2. The van der Waals surface area contributed by atoms with Crippen molar-refractivity contribution in [3.05, 3.63) is 120 Å². The van der Waals surface area contributed by atoms with Gasteiger partial charge in [0, 0.05) is 22.0 Å². The second-order valence-corrected chi connectivity index (χ2v) is 9.51. The van der Waals surface area contributed by atoms with Crippen LogP contribution in [0, 0.1) is 6.92 Å². The van der Waals surface area contributed by atoms with Crippen molar-refractivity contribution in [1.29, 1.82) is 0 Å². The summed E-state index contributed by atoms with van der Waals surface area (Å²) in [6, 6.07) is 32.3. The van der Waals surface area contributed by atoms with Crippen molar-refractivity contribution < 1.29 is 9.59 Å². The van der Waals surface area contributed by atoms with Crippen LogP contribution in [0.4, 0.5) is 21.9 Å². The van der Waals surface area contributed by atoms with Gasteiger partial charge < -0.3 is 16.0 Å². The molecule has 3 amide bonds. The fourth-order valence-electron chi connectivity index (χ4n) is 3.86. The van der Waals surface area contributed by atoms with Gasteiger partial charge in [0.2, 0.25) is 5.91 Å². The molecule has 1 atom stereocenters. The molecule has 4 aromatic carbocycles. The highest BCUT2D eigenvalue weighted by atomic mass is 32.2. The van der Waals surface area contributed by atoms with E-state index in [0.29, 0.717) is 5.69 Å². The van der Waals surface area contributed by atoms with Crippen LogP contribution in [0.3, 0.4) is 0 Å². The van der Waals surface area contributed by atoms with E-state index in [0.717, 1.165) is 39.4 Å². The number of thioether (sulfide) groups is 1. The molecule has 3 N–H and O–H groups in total. The first kappa shape index (κ1) is 25.1. The number of rotatable bonds is 8. The molecule has 0 aliphatic heterocycles. The van der Waals surface area contributed by atoms with E-state index >= 15 is 0 Å². The first-order valence-electron chi connectivity index (χ1n) is 11.9. The summed E-state index contributed by atoms with van der Waals surface area (Å²) in [6.45, 7) is 4.10. The zero-order valence-corrected chi connectivity index (χ0v) is 21.1. The molecule has 0 spiro atoms. The lowest BCUT2D eigenvalue weighted by molar-refractivity contribution is -0.115. The number of amides is 3. The second kappa shape index (κ2) is 12.1. The normalized spacial score (nSPS) is 11.4. The Balaban J connectivity index is 1.48. The largest absolute Gasteiger partial charge is 0.324 e. The summed E-state index contributed by atoms with van der Waals surface area (Å²) < 4.78 is 0. The van der Waals surface area contributed by atoms with Crippen LogP contribution in [-0.4, -0.2) is 11.9 Å². The third-order valence-electron chi connectivity index (χ3n) is 5.73. The fraction of sp³-hybridized carbons (Fsp3) is 0.133. The number of hydrogen-bond donors (Lipinski definition) is 3. The van der Waals surface area contributed by atoms with E-state index < -0.39 is 5.25 Å². The summed E-state index contributed by atoms with van der Waals surface area (Å²) in [5.74, 6) is -0.0698. The van der Waals surface area contributed by atoms with Gasteiger partial charge >= 0.3 is 6.03 Å². The molecule has 0 aromatic heterocycles. The van der Waals surface area contributed by atoms with Crippen LogP contribution in [-0.2, 0) is 11.2 Å². The van der Waals surface area contributed by atoms with Gasteiger partial charge in [-0.1, -0.05) is 73.7 Å². The molecule has 0 saturated carbocycles. The number of nitrogens with one attached hydrogen (secondary N) is 3. The van der Waals surface area contributed by atoms with Crippen LogP contribution in [0.25, 0.3) is 0 Å². The van der Waals surface area contributed by atoms with Crippen molar-refractivity contribution in [3.8, 4) is 0 Å². The van der Waals surface area contributed by atoms with E-state index in [-0.39, 0.29) is 11.9 Å². The zero-order valence-electron chi connectivity index (χ0n) is 20.3. The summed E-state index contributed by atoms with van der Waals surface area (Å²) in [5, 5.41) is 8.39. The molecule has 4 rings (SSSR count). The van der Waals surface area contributed by atoms with Gasteiger partial charge in [0.15, 0.2) is 0 Å². The van der Waals surface area contributed by atoms with Crippen molar-refractivity contribution in [2.24, 2.45) is 0 Å². The Kier molecular flexibility index (Phi) is 8.42. The molecule has 0 aliphatic carbocycles. The maximum Gasteiger partial charge on any atom is 0.323 e. The first-order chi connectivity index (χ1) is 17.5. The summed E-state index contributed by atoms with van der Waals surface area (Å²) in [5.41, 5.74) is 5.36. The number of anilines is 3. The minimum atomic E-state index is -0.435. The van der Waals surface area contributed by atoms with Gasteiger partial charge in [-0.05, 0) is 66.4 Å². The average Bonchev–Trinajstić information content (AvgIpc) is 2.90. The smallest absolute Gasteiger partial charge is 0.323 e. The molecular formula is C30H29N3O2S. The Morgan fingerprint density at radius 2 is 1.33 bits per heavy atom. The van der Waals surface area contributed by atoms with Gasteiger partial charge in [-0.3, -0.25) is 4.79 Å². The highest BCUT2D eigenvalue weighted by molar-refractivity contribution is 8.00. The SMILES string of the molecule is CCc1cccc(C)c1NC(=O)[C@@H](Sc1ccc(NC(=O)Nc2ccccc2)cc1)c1ccccc1. The van der Waals surface area contributed by atoms with E-state index in [1.54, 1.807) is 0 Å². The van der Waals surface area contributed by atoms with Crippen LogP contribution in [0.15, 0.2) is 108 Å². The third-order valence-corrected chi connectivity index (χ3v) is 6.99. The van der Waals surface area contributed by atoms with Crippen LogP contribution < -0.4 is 16.0 Å². The standard InChI is InChI=1S/C30H29N3O2S/c1-3-22-14-10-11-21(2)27(22)33-29(34)28(23-12-6-4-7-13-23)36-26-19-17-25(18-20-26)32-30(35)31-24-15-8-5-9-16-24/h4-20,28H,3H2,1-2H3,(H,33,34)(H2,31,32,35)/t28-/m0/s1. The van der Waals surface area contributed by atoms with Gasteiger partial charge in [0.1, 0.15) is 5.25 Å². The number of benzene rings is 4. The Labute approximate surface area is 216 Å². The van der Waals surface area contributed by atoms with Crippen molar-refractivity contribution in [1.82, 2.24) is 0 Å². The van der Waals surface area contributed by atoms with Crippen molar-refractivity contribution in [2.75, 3.05) is 16.0 Å². The van der Waals surface area contributed by atoms with Gasteiger partial charge in [-0.15, -0.1) is 11.8 Å². The molecule has 36 heavy (non-hydrogen) atoms. The van der Waals surface area contributed by atoms with Crippen molar-refractivity contribution in [2.45, 2.75) is 30.4 Å². The maximum absolute atomic E-state index is 13.5. The molecule has 4 aromatic rings. The number of hydrogen-bond acceptors (Lipinski definition) is 3. The van der Waals surface area contributed by atoms with Crippen LogP contribution in [0.2, 0.25) is 0 Å². The average molecular weight is 496 g/mol. The minimum absolute atomic E-state index is 0.0698. The van der Waals surface area contributed by atoms with Gasteiger partial charge in [0.25, 0.3) is 0 Å². The highest BCUT2D eigenvalue weighted by Gasteiger charge is 2.23. The van der Waals surface area contributed by atoms with Crippen LogP contribution in [0.5, 0.6) is 0 Å². The monoisotopic (exact) mass is 495 g/mol. The van der Waals surface area contributed by atoms with Gasteiger partial charge in [-0.25, -0.2) is 4.79 Å². The van der Waals surface area contributed by atoms with Crippen molar-refractivity contribution >= 4 is 40.8 Å². The molecule has 0 fully saturated rings. The number of urea groups is 1. The molecule has 6 heteroatoms. The van der Waals surface area contributed by atoms with Crippen LogP contribution in [0.1, 0.15) is 28.9 Å². The van der Waals surface area contributed by atoms with E-state index in [2.05, 4.69) is 22.9 Å². The molecule has 0 aliphatic rings. The first-order valence-corrected chi connectivity index (χ1v) is 12.8. The topological polar surface area (TPSA) is 70.2 Å². The molecule has 182 valence electrons. The molecule has 0 radical (unpaired) electrons. The molecule has 0 heterocycles. The number of para-hydroxylation sites is 2. The summed E-state index contributed by atoms with van der Waals surface area (Å²) in [6.07, 6.45) is 0.840. The highest BCUT2D eigenvalue weighted by Crippen LogP contribution is 2.37. The lowest BCUT2D eigenvalue weighted by Gasteiger charge is -2.20. The Hall–Kier alpha value is -4.03. The lowest BCUT2D eigenvalue weighted by atomic mass is 10.1. The number of carbonyl (C=O) groups is 2. The molecule has 5 nitrogen and oxygen atoms in total. The second-order valence-electron chi connectivity index (χ2n) is 8.33. The van der Waals surface area contributed by atoms with Crippen LogP contribution >= 0.6 is 11.8 Å². The Bertz CT molecular complexity index is 1310. The predicted octanol–water partition coefficient (Wildman–Crippen LogP) is 7.67. The van der Waals surface area contributed by atoms with Gasteiger partial charge in [0.05, 0.1) is 0 Å². The predicted molar refractivity (Wildman–Crippen MR) is 150 cm³/mol. The van der Waals surface area contributed by atoms with E-state index in [1.807, 2.05) is 110 Å².